The Morgan fingerprint density at radius 2 is 1.38 bits per heavy atom. The van der Waals surface area contributed by atoms with Gasteiger partial charge >= 0.3 is 6.18 Å². The third-order valence-electron chi connectivity index (χ3n) is 8.22. The fraction of sp³-hybridized carbons (Fsp3) is 0.633. The number of rotatable bonds is 10. The van der Waals surface area contributed by atoms with Gasteiger partial charge in [-0.15, -0.1) is 0 Å². The molecule has 0 radical (unpaired) electrons. The van der Waals surface area contributed by atoms with Gasteiger partial charge in [0.25, 0.3) is 0 Å². The Hall–Kier alpha value is -2.02. The molecule has 0 spiro atoms. The van der Waals surface area contributed by atoms with Gasteiger partial charge in [-0.2, -0.15) is 18.4 Å². The molecule has 0 heterocycles. The lowest BCUT2D eigenvalue weighted by Crippen LogP contribution is -2.25. The van der Waals surface area contributed by atoms with Crippen LogP contribution in [0.3, 0.4) is 0 Å². The standard InChI is InChI=1S/C30H40F3N/c31-30(32,33)29-21-15-26(16-22-29)10-6-5-9-25-13-19-28(20-14-25)27-17-11-24(12-18-27)8-4-2-1-3-7-23-34/h1-3,7,15-16,21-22,24-25,27-28H,4-6,8-14,17-20H2/b2-1+,7-3+. The largest absolute Gasteiger partial charge is 0.416 e. The summed E-state index contributed by atoms with van der Waals surface area (Å²) in [6.45, 7) is 0. The van der Waals surface area contributed by atoms with E-state index in [1.54, 1.807) is 12.1 Å². The second kappa shape index (κ2) is 13.8. The maximum Gasteiger partial charge on any atom is 0.416 e. The first-order chi connectivity index (χ1) is 16.5. The second-order valence-electron chi connectivity index (χ2n) is 10.5. The molecule has 0 amide bonds. The Balaban J connectivity index is 1.25. The van der Waals surface area contributed by atoms with Crippen LogP contribution in [0.5, 0.6) is 0 Å². The number of nitrogens with zero attached hydrogens (tertiary/aromatic N) is 1. The minimum atomic E-state index is -4.24. The zero-order chi connectivity index (χ0) is 24.2. The van der Waals surface area contributed by atoms with Gasteiger partial charge in [0.2, 0.25) is 0 Å². The van der Waals surface area contributed by atoms with Crippen LogP contribution in [-0.4, -0.2) is 0 Å². The van der Waals surface area contributed by atoms with Gasteiger partial charge in [0.05, 0.1) is 11.6 Å². The van der Waals surface area contributed by atoms with E-state index >= 15 is 0 Å². The summed E-state index contributed by atoms with van der Waals surface area (Å²) in [5, 5.41) is 8.49. The molecule has 2 fully saturated rings. The first-order valence-corrected chi connectivity index (χ1v) is 13.3. The molecule has 1 aromatic rings. The maximum absolute atomic E-state index is 12.7. The van der Waals surface area contributed by atoms with Gasteiger partial charge in [0.15, 0.2) is 0 Å². The number of halogens is 3. The van der Waals surface area contributed by atoms with E-state index in [1.165, 1.54) is 88.8 Å². The van der Waals surface area contributed by atoms with Crippen LogP contribution < -0.4 is 0 Å². The number of alkyl halides is 3. The average molecular weight is 472 g/mol. The van der Waals surface area contributed by atoms with Crippen molar-refractivity contribution in [3.8, 4) is 6.07 Å². The molecule has 2 saturated carbocycles. The Morgan fingerprint density at radius 3 is 1.94 bits per heavy atom. The lowest BCUT2D eigenvalue weighted by atomic mass is 9.68. The average Bonchev–Trinajstić information content (AvgIpc) is 2.84. The Labute approximate surface area is 204 Å². The highest BCUT2D eigenvalue weighted by atomic mass is 19.4. The van der Waals surface area contributed by atoms with Crippen molar-refractivity contribution in [2.75, 3.05) is 0 Å². The van der Waals surface area contributed by atoms with E-state index in [9.17, 15) is 13.2 Å². The molecule has 2 aliphatic rings. The number of unbranched alkanes of at least 4 members (excludes halogenated alkanes) is 1. The van der Waals surface area contributed by atoms with Crippen LogP contribution in [0.25, 0.3) is 0 Å². The summed E-state index contributed by atoms with van der Waals surface area (Å²) < 4.78 is 38.0. The van der Waals surface area contributed by atoms with E-state index in [1.807, 2.05) is 18.2 Å². The molecule has 34 heavy (non-hydrogen) atoms. The van der Waals surface area contributed by atoms with E-state index in [0.29, 0.717) is 0 Å². The summed E-state index contributed by atoms with van der Waals surface area (Å²) in [6.07, 6.45) is 21.2. The number of nitriles is 1. The highest BCUT2D eigenvalue weighted by Gasteiger charge is 2.31. The summed E-state index contributed by atoms with van der Waals surface area (Å²) in [4.78, 5) is 0. The van der Waals surface area contributed by atoms with Crippen LogP contribution in [0, 0.1) is 35.0 Å². The van der Waals surface area contributed by atoms with Crippen LogP contribution in [0.1, 0.15) is 94.6 Å². The van der Waals surface area contributed by atoms with Crippen LogP contribution >= 0.6 is 0 Å². The molecule has 0 bridgehead atoms. The first kappa shape index (κ1) is 26.6. The maximum atomic E-state index is 12.7. The van der Waals surface area contributed by atoms with Crippen molar-refractivity contribution in [1.82, 2.24) is 0 Å². The van der Waals surface area contributed by atoms with E-state index in [-0.39, 0.29) is 0 Å². The van der Waals surface area contributed by atoms with Crippen molar-refractivity contribution in [2.45, 2.75) is 96.1 Å². The van der Waals surface area contributed by atoms with Crippen LogP contribution in [-0.2, 0) is 12.6 Å². The van der Waals surface area contributed by atoms with Crippen molar-refractivity contribution < 1.29 is 13.2 Å². The smallest absolute Gasteiger partial charge is 0.193 e. The zero-order valence-electron chi connectivity index (χ0n) is 20.4. The molecule has 1 aromatic carbocycles. The lowest BCUT2D eigenvalue weighted by Gasteiger charge is -2.38. The fourth-order valence-corrected chi connectivity index (χ4v) is 6.12. The van der Waals surface area contributed by atoms with Gasteiger partial charge in [-0.05, 0) is 92.7 Å². The molecule has 0 saturated heterocycles. The zero-order valence-corrected chi connectivity index (χ0v) is 20.4. The van der Waals surface area contributed by atoms with E-state index < -0.39 is 11.7 Å². The SMILES string of the molecule is N#C/C=C/C=C/CCC1CCC(C2CCC(CCCCc3ccc(C(F)(F)F)cc3)CC2)CC1. The van der Waals surface area contributed by atoms with Crippen LogP contribution in [0.4, 0.5) is 13.2 Å². The van der Waals surface area contributed by atoms with Crippen molar-refractivity contribution >= 4 is 0 Å². The van der Waals surface area contributed by atoms with E-state index in [0.717, 1.165) is 48.5 Å². The van der Waals surface area contributed by atoms with E-state index in [4.69, 9.17) is 5.26 Å². The van der Waals surface area contributed by atoms with Gasteiger partial charge in [0.1, 0.15) is 0 Å². The predicted molar refractivity (Wildman–Crippen MR) is 133 cm³/mol. The third kappa shape index (κ3) is 8.97. The minimum Gasteiger partial charge on any atom is -0.193 e. The molecule has 0 aliphatic heterocycles. The molecular weight excluding hydrogens is 431 g/mol. The number of benzene rings is 1. The fourth-order valence-electron chi connectivity index (χ4n) is 6.12. The molecule has 1 nitrogen and oxygen atoms in total. The highest BCUT2D eigenvalue weighted by molar-refractivity contribution is 5.24. The van der Waals surface area contributed by atoms with Crippen molar-refractivity contribution in [3.05, 3.63) is 59.7 Å². The van der Waals surface area contributed by atoms with Crippen LogP contribution in [0.2, 0.25) is 0 Å². The van der Waals surface area contributed by atoms with Crippen LogP contribution in [0.15, 0.2) is 48.6 Å². The number of aryl methyl sites for hydroxylation is 1. The van der Waals surface area contributed by atoms with Crippen molar-refractivity contribution in [2.24, 2.45) is 23.7 Å². The summed E-state index contributed by atoms with van der Waals surface area (Å²) in [6, 6.07) is 7.69. The quantitative estimate of drug-likeness (QED) is 0.189. The van der Waals surface area contributed by atoms with E-state index in [2.05, 4.69) is 6.08 Å². The molecule has 0 unspecified atom stereocenters. The second-order valence-corrected chi connectivity index (χ2v) is 10.5. The molecule has 0 N–H and O–H groups in total. The molecule has 3 rings (SSSR count). The van der Waals surface area contributed by atoms with Gasteiger partial charge in [-0.25, -0.2) is 0 Å². The summed E-state index contributed by atoms with van der Waals surface area (Å²) >= 11 is 0. The highest BCUT2D eigenvalue weighted by Crippen LogP contribution is 2.43. The summed E-state index contributed by atoms with van der Waals surface area (Å²) in [5.41, 5.74) is 0.457. The normalized spacial score (nSPS) is 26.2. The van der Waals surface area contributed by atoms with Crippen molar-refractivity contribution in [3.63, 3.8) is 0 Å². The Bertz CT molecular complexity index is 799. The Morgan fingerprint density at radius 1 is 0.794 bits per heavy atom. The predicted octanol–water partition coefficient (Wildman–Crippen LogP) is 9.45. The number of allylic oxidation sites excluding steroid dienone is 4. The number of hydrogen-bond donors (Lipinski definition) is 0. The molecular formula is C30H40F3N. The van der Waals surface area contributed by atoms with Gasteiger partial charge in [-0.3, -0.25) is 0 Å². The summed E-state index contributed by atoms with van der Waals surface area (Å²) in [5.74, 6) is 3.59. The molecule has 2 aliphatic carbocycles. The van der Waals surface area contributed by atoms with Gasteiger partial charge in [0, 0.05) is 6.08 Å². The number of hydrogen-bond acceptors (Lipinski definition) is 1. The minimum absolute atomic E-state index is 0.556. The monoisotopic (exact) mass is 471 g/mol. The summed E-state index contributed by atoms with van der Waals surface area (Å²) in [7, 11) is 0. The van der Waals surface area contributed by atoms with Gasteiger partial charge in [-0.1, -0.05) is 68.9 Å². The Kier molecular flexibility index (Phi) is 10.8. The molecule has 4 heteroatoms. The third-order valence-corrected chi connectivity index (χ3v) is 8.22. The van der Waals surface area contributed by atoms with Crippen molar-refractivity contribution in [1.29, 1.82) is 5.26 Å². The molecule has 186 valence electrons. The molecule has 0 atom stereocenters. The lowest BCUT2D eigenvalue weighted by molar-refractivity contribution is -0.137. The van der Waals surface area contributed by atoms with Gasteiger partial charge < -0.3 is 0 Å². The first-order valence-electron chi connectivity index (χ1n) is 13.3. The molecule has 0 aromatic heterocycles. The topological polar surface area (TPSA) is 23.8 Å².